The Morgan fingerprint density at radius 3 is 2.43 bits per heavy atom. The number of alkyl halides is 3. The SMILES string of the molecule is CC(Nc1nccc(C(F)(F)F)n1)c1ccc(C#N)cc1. The molecule has 1 aromatic carbocycles. The number of halogens is 3. The Bertz CT molecular complexity index is 659. The van der Waals surface area contributed by atoms with Crippen molar-refractivity contribution < 1.29 is 13.2 Å². The van der Waals surface area contributed by atoms with E-state index in [1.54, 1.807) is 31.2 Å². The lowest BCUT2D eigenvalue weighted by Crippen LogP contribution is -2.13. The molecule has 2 aromatic rings. The van der Waals surface area contributed by atoms with Crippen LogP contribution < -0.4 is 5.32 Å². The zero-order valence-electron chi connectivity index (χ0n) is 11.0. The number of rotatable bonds is 3. The minimum Gasteiger partial charge on any atom is -0.348 e. The summed E-state index contributed by atoms with van der Waals surface area (Å²) >= 11 is 0. The molecule has 7 heteroatoms. The number of nitrogens with zero attached hydrogens (tertiary/aromatic N) is 3. The van der Waals surface area contributed by atoms with Gasteiger partial charge < -0.3 is 5.32 Å². The zero-order chi connectivity index (χ0) is 15.5. The molecule has 0 radical (unpaired) electrons. The Labute approximate surface area is 119 Å². The van der Waals surface area contributed by atoms with Gasteiger partial charge in [-0.1, -0.05) is 12.1 Å². The molecule has 0 fully saturated rings. The molecule has 21 heavy (non-hydrogen) atoms. The van der Waals surface area contributed by atoms with Gasteiger partial charge in [0, 0.05) is 6.20 Å². The van der Waals surface area contributed by atoms with Crippen LogP contribution in [-0.4, -0.2) is 9.97 Å². The topological polar surface area (TPSA) is 61.6 Å². The molecule has 0 saturated heterocycles. The Balaban J connectivity index is 2.15. The Kier molecular flexibility index (Phi) is 4.08. The van der Waals surface area contributed by atoms with E-state index >= 15 is 0 Å². The highest BCUT2D eigenvalue weighted by atomic mass is 19.4. The lowest BCUT2D eigenvalue weighted by atomic mass is 10.1. The van der Waals surface area contributed by atoms with Crippen molar-refractivity contribution in [3.05, 3.63) is 53.3 Å². The van der Waals surface area contributed by atoms with Crippen molar-refractivity contribution in [3.63, 3.8) is 0 Å². The van der Waals surface area contributed by atoms with Crippen molar-refractivity contribution in [2.45, 2.75) is 19.1 Å². The van der Waals surface area contributed by atoms with Gasteiger partial charge in [0.2, 0.25) is 5.95 Å². The van der Waals surface area contributed by atoms with Crippen molar-refractivity contribution in [1.29, 1.82) is 5.26 Å². The quantitative estimate of drug-likeness (QED) is 0.940. The number of nitriles is 1. The summed E-state index contributed by atoms with van der Waals surface area (Å²) in [6.07, 6.45) is -3.44. The summed E-state index contributed by atoms with van der Waals surface area (Å²) in [5.74, 6) is -0.0957. The molecule has 1 aromatic heterocycles. The van der Waals surface area contributed by atoms with Gasteiger partial charge >= 0.3 is 6.18 Å². The van der Waals surface area contributed by atoms with Gasteiger partial charge in [0.25, 0.3) is 0 Å². The Hall–Kier alpha value is -2.62. The van der Waals surface area contributed by atoms with Crippen molar-refractivity contribution in [2.75, 3.05) is 5.32 Å². The van der Waals surface area contributed by atoms with Crippen LogP contribution in [0, 0.1) is 11.3 Å². The fraction of sp³-hybridized carbons (Fsp3) is 0.214. The smallest absolute Gasteiger partial charge is 0.348 e. The van der Waals surface area contributed by atoms with Crippen LogP contribution in [-0.2, 0) is 6.18 Å². The normalized spacial score (nSPS) is 12.5. The highest BCUT2D eigenvalue weighted by Gasteiger charge is 2.32. The molecule has 0 aliphatic carbocycles. The van der Waals surface area contributed by atoms with Crippen LogP contribution in [0.5, 0.6) is 0 Å². The van der Waals surface area contributed by atoms with E-state index in [0.717, 1.165) is 17.8 Å². The minimum absolute atomic E-state index is 0.0957. The van der Waals surface area contributed by atoms with Crippen LogP contribution in [0.3, 0.4) is 0 Å². The zero-order valence-corrected chi connectivity index (χ0v) is 11.0. The van der Waals surface area contributed by atoms with Gasteiger partial charge in [0.15, 0.2) is 0 Å². The fourth-order valence-electron chi connectivity index (χ4n) is 1.71. The lowest BCUT2D eigenvalue weighted by Gasteiger charge is -2.15. The molecule has 4 nitrogen and oxygen atoms in total. The summed E-state index contributed by atoms with van der Waals surface area (Å²) in [5.41, 5.74) is 0.336. The molecular formula is C14H11F3N4. The van der Waals surface area contributed by atoms with Gasteiger partial charge in [0.05, 0.1) is 17.7 Å². The fourth-order valence-corrected chi connectivity index (χ4v) is 1.71. The maximum atomic E-state index is 12.6. The summed E-state index contributed by atoms with van der Waals surface area (Å²) < 4.78 is 37.7. The Morgan fingerprint density at radius 1 is 1.19 bits per heavy atom. The molecule has 1 atom stereocenters. The molecule has 108 valence electrons. The van der Waals surface area contributed by atoms with Crippen molar-refractivity contribution in [3.8, 4) is 6.07 Å². The van der Waals surface area contributed by atoms with E-state index in [4.69, 9.17) is 5.26 Å². The van der Waals surface area contributed by atoms with Gasteiger partial charge in [-0.25, -0.2) is 9.97 Å². The van der Waals surface area contributed by atoms with Gasteiger partial charge in [-0.05, 0) is 30.7 Å². The summed E-state index contributed by atoms with van der Waals surface area (Å²) in [6.45, 7) is 1.77. The number of hydrogen-bond acceptors (Lipinski definition) is 4. The van der Waals surface area contributed by atoms with Gasteiger partial charge in [-0.3, -0.25) is 0 Å². The van der Waals surface area contributed by atoms with Crippen LogP contribution in [0.2, 0.25) is 0 Å². The molecule has 1 unspecified atom stereocenters. The predicted octanol–water partition coefficient (Wildman–Crippen LogP) is 3.54. The maximum absolute atomic E-state index is 12.6. The van der Waals surface area contributed by atoms with E-state index in [0.29, 0.717) is 5.56 Å². The first-order valence-corrected chi connectivity index (χ1v) is 6.07. The number of benzene rings is 1. The highest BCUT2D eigenvalue weighted by Crippen LogP contribution is 2.28. The van der Waals surface area contributed by atoms with E-state index in [-0.39, 0.29) is 12.0 Å². The standard InChI is InChI=1S/C14H11F3N4/c1-9(11-4-2-10(8-18)3-5-11)20-13-19-7-6-12(21-13)14(15,16)17/h2-7,9H,1H3,(H,19,20,21). The van der Waals surface area contributed by atoms with E-state index in [9.17, 15) is 13.2 Å². The van der Waals surface area contributed by atoms with Crippen molar-refractivity contribution >= 4 is 5.95 Å². The summed E-state index contributed by atoms with van der Waals surface area (Å²) in [6, 6.07) is 9.25. The van der Waals surface area contributed by atoms with Crippen molar-refractivity contribution in [1.82, 2.24) is 9.97 Å². The third-order valence-corrected chi connectivity index (χ3v) is 2.83. The first kappa shape index (κ1) is 14.8. The average Bonchev–Trinajstić information content (AvgIpc) is 2.47. The number of hydrogen-bond donors (Lipinski definition) is 1. The highest BCUT2D eigenvalue weighted by molar-refractivity contribution is 5.36. The first-order valence-electron chi connectivity index (χ1n) is 6.07. The molecule has 0 saturated carbocycles. The Morgan fingerprint density at radius 2 is 1.86 bits per heavy atom. The second-order valence-electron chi connectivity index (χ2n) is 4.36. The third kappa shape index (κ3) is 3.69. The predicted molar refractivity (Wildman–Crippen MR) is 70.2 cm³/mol. The molecule has 1 N–H and O–H groups in total. The molecule has 0 amide bonds. The van der Waals surface area contributed by atoms with Crippen molar-refractivity contribution in [2.24, 2.45) is 0 Å². The summed E-state index contributed by atoms with van der Waals surface area (Å²) in [5, 5.41) is 11.5. The van der Waals surface area contributed by atoms with Crippen LogP contribution in [0.4, 0.5) is 19.1 Å². The number of aromatic nitrogens is 2. The maximum Gasteiger partial charge on any atom is 0.433 e. The van der Waals surface area contributed by atoms with Crippen LogP contribution >= 0.6 is 0 Å². The van der Waals surface area contributed by atoms with Crippen LogP contribution in [0.25, 0.3) is 0 Å². The molecule has 1 heterocycles. The summed E-state index contributed by atoms with van der Waals surface area (Å²) in [4.78, 5) is 7.22. The first-order chi connectivity index (χ1) is 9.90. The number of anilines is 1. The second-order valence-corrected chi connectivity index (χ2v) is 4.36. The monoisotopic (exact) mass is 292 g/mol. The number of nitrogens with one attached hydrogen (secondary N) is 1. The van der Waals surface area contributed by atoms with E-state index in [2.05, 4.69) is 15.3 Å². The van der Waals surface area contributed by atoms with Gasteiger partial charge in [-0.15, -0.1) is 0 Å². The van der Waals surface area contributed by atoms with Crippen LogP contribution in [0.1, 0.15) is 29.8 Å². The molecular weight excluding hydrogens is 281 g/mol. The molecule has 0 bridgehead atoms. The molecule has 0 aliphatic rings. The third-order valence-electron chi connectivity index (χ3n) is 2.83. The second kappa shape index (κ2) is 5.79. The average molecular weight is 292 g/mol. The van der Waals surface area contributed by atoms with E-state index in [1.165, 1.54) is 0 Å². The lowest BCUT2D eigenvalue weighted by molar-refractivity contribution is -0.141. The summed E-state index contributed by atoms with van der Waals surface area (Å²) in [7, 11) is 0. The molecule has 0 aliphatic heterocycles. The van der Waals surface area contributed by atoms with Gasteiger partial charge in [0.1, 0.15) is 5.69 Å². The largest absolute Gasteiger partial charge is 0.433 e. The van der Waals surface area contributed by atoms with E-state index < -0.39 is 11.9 Å². The van der Waals surface area contributed by atoms with E-state index in [1.807, 2.05) is 6.07 Å². The molecule has 2 rings (SSSR count). The molecule has 0 spiro atoms. The minimum atomic E-state index is -4.50. The van der Waals surface area contributed by atoms with Gasteiger partial charge in [-0.2, -0.15) is 18.4 Å². The van der Waals surface area contributed by atoms with Crippen LogP contribution in [0.15, 0.2) is 36.5 Å².